The Morgan fingerprint density at radius 3 is 2.59 bits per heavy atom. The van der Waals surface area contributed by atoms with Crippen LogP contribution in [0, 0.1) is 0 Å². The molecule has 186 valence electrons. The summed E-state index contributed by atoms with van der Waals surface area (Å²) in [5.74, 6) is -1.59. The van der Waals surface area contributed by atoms with Crippen molar-refractivity contribution in [2.45, 2.75) is 12.5 Å². The Labute approximate surface area is 220 Å². The lowest BCUT2D eigenvalue weighted by molar-refractivity contribution is -0.149. The van der Waals surface area contributed by atoms with Crippen LogP contribution in [-0.4, -0.2) is 40.4 Å². The van der Waals surface area contributed by atoms with Gasteiger partial charge in [-0.15, -0.1) is 22.7 Å². The van der Waals surface area contributed by atoms with Crippen molar-refractivity contribution in [2.75, 3.05) is 11.9 Å². The second-order valence-electron chi connectivity index (χ2n) is 8.13. The van der Waals surface area contributed by atoms with Crippen LogP contribution in [0.3, 0.4) is 0 Å². The van der Waals surface area contributed by atoms with Crippen molar-refractivity contribution in [2.24, 2.45) is 0 Å². The first-order valence-electron chi connectivity index (χ1n) is 11.4. The average Bonchev–Trinajstić information content (AvgIpc) is 3.69. The minimum absolute atomic E-state index is 0.203. The topological polar surface area (TPSA) is 113 Å². The van der Waals surface area contributed by atoms with Crippen molar-refractivity contribution >= 4 is 56.5 Å². The van der Waals surface area contributed by atoms with Gasteiger partial charge in [0.25, 0.3) is 11.8 Å². The normalized spacial score (nSPS) is 11.7. The van der Waals surface area contributed by atoms with Crippen molar-refractivity contribution < 1.29 is 19.1 Å². The number of esters is 1. The molecule has 3 N–H and O–H groups in total. The van der Waals surface area contributed by atoms with Crippen LogP contribution in [-0.2, 0) is 20.7 Å². The number of benzene rings is 2. The van der Waals surface area contributed by atoms with Crippen LogP contribution in [0.1, 0.15) is 15.2 Å². The maximum atomic E-state index is 13.0. The third kappa shape index (κ3) is 5.93. The molecule has 0 bridgehead atoms. The van der Waals surface area contributed by atoms with Crippen molar-refractivity contribution in [1.82, 2.24) is 15.3 Å². The summed E-state index contributed by atoms with van der Waals surface area (Å²) < 4.78 is 5.31. The van der Waals surface area contributed by atoms with E-state index in [1.54, 1.807) is 17.5 Å². The van der Waals surface area contributed by atoms with E-state index in [0.29, 0.717) is 10.0 Å². The highest BCUT2D eigenvalue weighted by molar-refractivity contribution is 7.14. The number of carbonyl (C=O) groups is 3. The zero-order valence-corrected chi connectivity index (χ0v) is 21.1. The minimum atomic E-state index is -0.980. The van der Waals surface area contributed by atoms with E-state index in [9.17, 15) is 14.4 Å². The monoisotopic (exact) mass is 530 g/mol. The van der Waals surface area contributed by atoms with Gasteiger partial charge in [0.15, 0.2) is 11.7 Å². The third-order valence-corrected chi connectivity index (χ3v) is 7.23. The lowest BCUT2D eigenvalue weighted by atomic mass is 10.0. The number of hydrogen-bond donors (Lipinski definition) is 3. The number of nitrogens with one attached hydrogen (secondary N) is 3. The minimum Gasteiger partial charge on any atom is -0.454 e. The molecule has 0 radical (unpaired) electrons. The Hall–Kier alpha value is -4.28. The third-order valence-electron chi connectivity index (χ3n) is 5.60. The van der Waals surface area contributed by atoms with Gasteiger partial charge in [0, 0.05) is 34.5 Å². The van der Waals surface area contributed by atoms with Gasteiger partial charge in [0.1, 0.15) is 6.04 Å². The fourth-order valence-electron chi connectivity index (χ4n) is 3.82. The number of aromatic amines is 1. The van der Waals surface area contributed by atoms with Crippen molar-refractivity contribution in [3.05, 3.63) is 94.1 Å². The molecule has 3 heterocycles. The van der Waals surface area contributed by atoms with E-state index < -0.39 is 24.5 Å². The number of anilines is 1. The molecule has 0 aliphatic rings. The number of aromatic nitrogens is 2. The molecule has 2 aromatic carbocycles. The molecule has 0 unspecified atom stereocenters. The average molecular weight is 531 g/mol. The second kappa shape index (κ2) is 11.2. The molecule has 2 amide bonds. The maximum absolute atomic E-state index is 13.0. The van der Waals surface area contributed by atoms with Crippen LogP contribution in [0.15, 0.2) is 83.7 Å². The molecule has 1 atom stereocenters. The van der Waals surface area contributed by atoms with Gasteiger partial charge in [-0.1, -0.05) is 54.6 Å². The number of nitrogens with zero attached hydrogens (tertiary/aromatic N) is 1. The smallest absolute Gasteiger partial charge is 0.329 e. The molecule has 10 heteroatoms. The van der Waals surface area contributed by atoms with E-state index in [1.165, 1.54) is 22.7 Å². The number of amides is 2. The first kappa shape index (κ1) is 24.4. The number of thiophene rings is 1. The van der Waals surface area contributed by atoms with E-state index in [2.05, 4.69) is 20.6 Å². The number of para-hydroxylation sites is 1. The molecule has 8 nitrogen and oxygen atoms in total. The van der Waals surface area contributed by atoms with Crippen LogP contribution in [0.25, 0.3) is 22.2 Å². The summed E-state index contributed by atoms with van der Waals surface area (Å²) in [5.41, 5.74) is 3.46. The summed E-state index contributed by atoms with van der Waals surface area (Å²) in [6, 6.07) is 19.8. The molecule has 5 rings (SSSR count). The van der Waals surface area contributed by atoms with Crippen LogP contribution in [0.4, 0.5) is 5.13 Å². The van der Waals surface area contributed by atoms with Crippen molar-refractivity contribution in [3.8, 4) is 11.3 Å². The fourth-order valence-corrected chi connectivity index (χ4v) is 5.18. The number of carbonyl (C=O) groups excluding carboxylic acids is 3. The van der Waals surface area contributed by atoms with Gasteiger partial charge in [-0.3, -0.25) is 14.9 Å². The molecule has 37 heavy (non-hydrogen) atoms. The van der Waals surface area contributed by atoms with E-state index in [4.69, 9.17) is 4.74 Å². The second-order valence-corrected chi connectivity index (χ2v) is 9.93. The molecule has 0 saturated carbocycles. The van der Waals surface area contributed by atoms with Crippen LogP contribution in [0.2, 0.25) is 0 Å². The van der Waals surface area contributed by atoms with E-state index in [0.717, 1.165) is 27.7 Å². The highest BCUT2D eigenvalue weighted by atomic mass is 32.1. The Morgan fingerprint density at radius 1 is 0.973 bits per heavy atom. The first-order chi connectivity index (χ1) is 18.1. The number of rotatable bonds is 9. The summed E-state index contributed by atoms with van der Waals surface area (Å²) >= 11 is 2.56. The molecular formula is C27H22N4O4S2. The van der Waals surface area contributed by atoms with Gasteiger partial charge in [-0.05, 0) is 23.1 Å². The van der Waals surface area contributed by atoms with Crippen molar-refractivity contribution in [3.63, 3.8) is 0 Å². The van der Waals surface area contributed by atoms with Gasteiger partial charge in [-0.2, -0.15) is 0 Å². The Morgan fingerprint density at radius 2 is 1.78 bits per heavy atom. The Bertz CT molecular complexity index is 1530. The Kier molecular flexibility index (Phi) is 7.38. The maximum Gasteiger partial charge on any atom is 0.329 e. The summed E-state index contributed by atoms with van der Waals surface area (Å²) in [6.07, 6.45) is 2.01. The number of ether oxygens (including phenoxy) is 1. The lowest BCUT2D eigenvalue weighted by Crippen LogP contribution is -2.43. The van der Waals surface area contributed by atoms with E-state index in [-0.39, 0.29) is 12.3 Å². The first-order valence-corrected chi connectivity index (χ1v) is 13.2. The number of hydrogen-bond acceptors (Lipinski definition) is 7. The van der Waals surface area contributed by atoms with E-state index in [1.807, 2.05) is 66.2 Å². The van der Waals surface area contributed by atoms with Crippen LogP contribution < -0.4 is 10.6 Å². The lowest BCUT2D eigenvalue weighted by Gasteiger charge is -2.17. The number of thiazole rings is 1. The largest absolute Gasteiger partial charge is 0.454 e. The highest BCUT2D eigenvalue weighted by Gasteiger charge is 2.26. The number of fused-ring (bicyclic) bond motifs is 1. The Balaban J connectivity index is 1.24. The summed E-state index contributed by atoms with van der Waals surface area (Å²) in [6.45, 7) is -0.502. The van der Waals surface area contributed by atoms with Crippen LogP contribution >= 0.6 is 22.7 Å². The zero-order valence-electron chi connectivity index (χ0n) is 19.5. The molecule has 5 aromatic rings. The standard InChI is InChI=1S/C27H22N4O4S2/c32-24(31-27-30-22(16-37-27)17-7-2-1-3-8-17)15-35-26(34)21(29-25(33)23-11-6-12-36-23)13-18-14-28-20-10-5-4-9-19(18)20/h1-12,14,16,21,28H,13,15H2,(H,29,33)(H,30,31,32)/t21-/m0/s1. The van der Waals surface area contributed by atoms with E-state index >= 15 is 0 Å². The predicted molar refractivity (Wildman–Crippen MR) is 145 cm³/mol. The zero-order chi connectivity index (χ0) is 25.6. The summed E-state index contributed by atoms with van der Waals surface area (Å²) in [5, 5.41) is 10.4. The molecule has 0 aliphatic carbocycles. The molecule has 0 saturated heterocycles. The molecule has 0 spiro atoms. The van der Waals surface area contributed by atoms with Crippen LogP contribution in [0.5, 0.6) is 0 Å². The summed E-state index contributed by atoms with van der Waals surface area (Å²) in [7, 11) is 0. The fraction of sp³-hybridized carbons (Fsp3) is 0.111. The van der Waals surface area contributed by atoms with Gasteiger partial charge in [-0.25, -0.2) is 9.78 Å². The van der Waals surface area contributed by atoms with Gasteiger partial charge < -0.3 is 15.0 Å². The molecule has 0 aliphatic heterocycles. The highest BCUT2D eigenvalue weighted by Crippen LogP contribution is 2.24. The SMILES string of the molecule is O=C(COC(=O)[C@H](Cc1c[nH]c2ccccc12)NC(=O)c1cccs1)Nc1nc(-c2ccccc2)cs1. The van der Waals surface area contributed by atoms with Gasteiger partial charge in [0.05, 0.1) is 10.6 Å². The predicted octanol–water partition coefficient (Wildman–Crippen LogP) is 4.88. The molecule has 3 aromatic heterocycles. The van der Waals surface area contributed by atoms with Gasteiger partial charge >= 0.3 is 5.97 Å². The summed E-state index contributed by atoms with van der Waals surface area (Å²) in [4.78, 5) is 46.3. The quantitative estimate of drug-likeness (QED) is 0.235. The number of H-pyrrole nitrogens is 1. The van der Waals surface area contributed by atoms with Gasteiger partial charge in [0.2, 0.25) is 0 Å². The van der Waals surface area contributed by atoms with Crippen molar-refractivity contribution in [1.29, 1.82) is 0 Å². The molecular weight excluding hydrogens is 508 g/mol. The molecule has 0 fully saturated rings.